The van der Waals surface area contributed by atoms with Gasteiger partial charge in [-0.05, 0) is 31.3 Å². The Kier molecular flexibility index (Phi) is 4.81. The first-order chi connectivity index (χ1) is 13.2. The van der Waals surface area contributed by atoms with Crippen molar-refractivity contribution in [3.63, 3.8) is 0 Å². The lowest BCUT2D eigenvalue weighted by Gasteiger charge is -2.33. The molecule has 136 valence electrons. The van der Waals surface area contributed by atoms with Gasteiger partial charge in [0.05, 0.1) is 17.7 Å². The van der Waals surface area contributed by atoms with Gasteiger partial charge < -0.3 is 9.64 Å². The van der Waals surface area contributed by atoms with E-state index >= 15 is 0 Å². The number of rotatable bonds is 5. The number of para-hydroxylation sites is 1. The Morgan fingerprint density at radius 2 is 1.78 bits per heavy atom. The van der Waals surface area contributed by atoms with Crippen LogP contribution in [0.25, 0.3) is 0 Å². The Morgan fingerprint density at radius 1 is 1.04 bits per heavy atom. The molecule has 0 radical (unpaired) electrons. The van der Waals surface area contributed by atoms with E-state index in [2.05, 4.69) is 91.6 Å². The molecule has 3 nitrogen and oxygen atoms in total. The van der Waals surface area contributed by atoms with Gasteiger partial charge in [0.1, 0.15) is 12.7 Å². The summed E-state index contributed by atoms with van der Waals surface area (Å²) in [4.78, 5) is 4.37. The van der Waals surface area contributed by atoms with E-state index in [4.69, 9.17) is 4.74 Å². The van der Waals surface area contributed by atoms with Gasteiger partial charge in [-0.25, -0.2) is 0 Å². The number of nitrogens with zero attached hydrogens (tertiary/aromatic N) is 2. The largest absolute Gasteiger partial charge is 0.469 e. The normalized spacial score (nSPS) is 18.0. The molecule has 1 atom stereocenters. The number of hydrogen-bond acceptors (Lipinski definition) is 3. The highest BCUT2D eigenvalue weighted by molar-refractivity contribution is 5.73. The molecule has 0 fully saturated rings. The molecule has 1 aliphatic heterocycles. The standard InChI is InChI=1S/C24H25N2O/c1-25(2)16-17-27-22-15-9-13-20-23(18-10-5-4-6-11-18)19-12-7-8-14-21(19)26(3)24(20)22/h4-12,14-15,23H,16-17H2,1-3H3/q+1. The second kappa shape index (κ2) is 7.40. The predicted molar refractivity (Wildman–Crippen MR) is 111 cm³/mol. The average molecular weight is 357 g/mol. The summed E-state index contributed by atoms with van der Waals surface area (Å²) < 4.78 is 6.18. The highest BCUT2D eigenvalue weighted by Gasteiger charge is 2.41. The van der Waals surface area contributed by atoms with Crippen LogP contribution in [0.4, 0.5) is 5.69 Å². The highest BCUT2D eigenvalue weighted by atomic mass is 16.5. The fourth-order valence-electron chi connectivity index (χ4n) is 3.81. The van der Waals surface area contributed by atoms with E-state index in [1.807, 2.05) is 12.2 Å². The second-order valence-corrected chi connectivity index (χ2v) is 7.22. The summed E-state index contributed by atoms with van der Waals surface area (Å²) in [6.07, 6.45) is 7.53. The molecule has 2 aromatic rings. The van der Waals surface area contributed by atoms with Crippen molar-refractivity contribution in [2.75, 3.05) is 39.2 Å². The van der Waals surface area contributed by atoms with Gasteiger partial charge in [-0.1, -0.05) is 48.5 Å². The monoisotopic (exact) mass is 357 g/mol. The van der Waals surface area contributed by atoms with E-state index in [0.717, 1.165) is 18.0 Å². The molecule has 0 saturated carbocycles. The maximum atomic E-state index is 6.18. The van der Waals surface area contributed by atoms with Crippen LogP contribution in [0, 0.1) is 6.08 Å². The third-order valence-electron chi connectivity index (χ3n) is 5.12. The van der Waals surface area contributed by atoms with Crippen molar-refractivity contribution < 1.29 is 4.74 Å². The van der Waals surface area contributed by atoms with Crippen molar-refractivity contribution in [2.24, 2.45) is 0 Å². The lowest BCUT2D eigenvalue weighted by Crippen LogP contribution is -2.31. The van der Waals surface area contributed by atoms with Crippen molar-refractivity contribution in [1.29, 1.82) is 0 Å². The maximum Gasteiger partial charge on any atom is 0.258 e. The molecule has 0 bridgehead atoms. The van der Waals surface area contributed by atoms with Gasteiger partial charge in [-0.2, -0.15) is 0 Å². The van der Waals surface area contributed by atoms with Crippen LogP contribution >= 0.6 is 0 Å². The smallest absolute Gasteiger partial charge is 0.258 e. The molecule has 0 amide bonds. The quantitative estimate of drug-likeness (QED) is 0.740. The van der Waals surface area contributed by atoms with E-state index in [-0.39, 0.29) is 5.92 Å². The van der Waals surface area contributed by atoms with Gasteiger partial charge >= 0.3 is 0 Å². The molecule has 2 aliphatic rings. The van der Waals surface area contributed by atoms with Crippen LogP contribution in [-0.4, -0.2) is 39.2 Å². The van der Waals surface area contributed by atoms with E-state index in [1.54, 1.807) is 0 Å². The molecule has 1 heterocycles. The third-order valence-corrected chi connectivity index (χ3v) is 5.12. The van der Waals surface area contributed by atoms with Crippen LogP contribution in [0.15, 0.2) is 83.8 Å². The minimum atomic E-state index is 0.158. The van der Waals surface area contributed by atoms with E-state index in [0.29, 0.717) is 6.61 Å². The first kappa shape index (κ1) is 17.5. The summed E-state index contributed by atoms with van der Waals surface area (Å²) in [6, 6.07) is 19.3. The molecule has 1 aliphatic carbocycles. The third kappa shape index (κ3) is 3.28. The Balaban J connectivity index is 1.82. The number of hydrogen-bond donors (Lipinski definition) is 0. The molecule has 3 heteroatoms. The number of anilines is 1. The first-order valence-electron chi connectivity index (χ1n) is 9.36. The van der Waals surface area contributed by atoms with E-state index < -0.39 is 0 Å². The lowest BCUT2D eigenvalue weighted by molar-refractivity contribution is 0.190. The maximum absolute atomic E-state index is 6.18. The zero-order valence-electron chi connectivity index (χ0n) is 16.1. The van der Waals surface area contributed by atoms with Gasteiger partial charge in [0, 0.05) is 19.7 Å². The fourth-order valence-corrected chi connectivity index (χ4v) is 3.81. The molecular formula is C24H25N2O+. The Morgan fingerprint density at radius 3 is 2.56 bits per heavy atom. The van der Waals surface area contributed by atoms with Gasteiger partial charge in [-0.3, -0.25) is 4.90 Å². The molecule has 1 unspecified atom stereocenters. The summed E-state index contributed by atoms with van der Waals surface area (Å²) in [5.74, 6) is 1.08. The zero-order valence-corrected chi connectivity index (χ0v) is 16.1. The van der Waals surface area contributed by atoms with Crippen molar-refractivity contribution in [3.05, 3.63) is 101 Å². The molecule has 0 N–H and O–H groups in total. The fraction of sp³-hybridized carbons (Fsp3) is 0.250. The topological polar surface area (TPSA) is 15.7 Å². The molecule has 27 heavy (non-hydrogen) atoms. The van der Waals surface area contributed by atoms with Gasteiger partial charge in [-0.15, -0.1) is 0 Å². The van der Waals surface area contributed by atoms with Crippen LogP contribution in [0.1, 0.15) is 17.0 Å². The van der Waals surface area contributed by atoms with Crippen molar-refractivity contribution >= 4 is 5.69 Å². The van der Waals surface area contributed by atoms with E-state index in [9.17, 15) is 0 Å². The van der Waals surface area contributed by atoms with Crippen LogP contribution < -0.4 is 4.90 Å². The number of ether oxygens (including phenoxy) is 1. The Hall–Kier alpha value is -2.87. The summed E-state index contributed by atoms with van der Waals surface area (Å²) in [5, 5.41) is 0. The van der Waals surface area contributed by atoms with Crippen molar-refractivity contribution in [2.45, 2.75) is 5.92 Å². The number of benzene rings is 2. The predicted octanol–water partition coefficient (Wildman–Crippen LogP) is 4.36. The number of allylic oxidation sites excluding steroid dienone is 4. The van der Waals surface area contributed by atoms with Crippen LogP contribution in [0.5, 0.6) is 0 Å². The van der Waals surface area contributed by atoms with Crippen LogP contribution in [0.3, 0.4) is 0 Å². The first-order valence-corrected chi connectivity index (χ1v) is 9.36. The average Bonchev–Trinajstić information content (AvgIpc) is 2.69. The van der Waals surface area contributed by atoms with Gasteiger partial charge in [0.2, 0.25) is 5.70 Å². The summed E-state index contributed by atoms with van der Waals surface area (Å²) >= 11 is 0. The molecule has 0 aromatic heterocycles. The van der Waals surface area contributed by atoms with Crippen molar-refractivity contribution in [3.8, 4) is 0 Å². The van der Waals surface area contributed by atoms with Crippen molar-refractivity contribution in [1.82, 2.24) is 4.90 Å². The molecule has 0 spiro atoms. The minimum absolute atomic E-state index is 0.158. The minimum Gasteiger partial charge on any atom is -0.469 e. The number of likely N-dealkylation sites (N-methyl/N-ethyl adjacent to an activating group) is 2. The SMILES string of the molecule is CN(C)CCOC1=C2C(=[C+]C=C1)C(c1ccccc1)c1ccccc1N2C. The molecule has 4 rings (SSSR count). The summed E-state index contributed by atoms with van der Waals surface area (Å²) in [5.41, 5.74) is 6.09. The summed E-state index contributed by atoms with van der Waals surface area (Å²) in [6.45, 7) is 1.55. The van der Waals surface area contributed by atoms with Gasteiger partial charge in [0.25, 0.3) is 5.76 Å². The highest BCUT2D eigenvalue weighted by Crippen LogP contribution is 2.48. The van der Waals surface area contributed by atoms with Crippen LogP contribution in [-0.2, 0) is 4.74 Å². The Bertz CT molecular complexity index is 909. The van der Waals surface area contributed by atoms with Crippen LogP contribution in [0.2, 0.25) is 0 Å². The summed E-state index contributed by atoms with van der Waals surface area (Å²) in [7, 11) is 6.24. The van der Waals surface area contributed by atoms with Gasteiger partial charge in [0.15, 0.2) is 5.57 Å². The Labute approximate surface area is 161 Å². The number of fused-ring (bicyclic) bond motifs is 2. The lowest BCUT2D eigenvalue weighted by atomic mass is 9.78. The molecule has 0 saturated heterocycles. The molecular weight excluding hydrogens is 332 g/mol. The zero-order chi connectivity index (χ0) is 18.8. The second-order valence-electron chi connectivity index (χ2n) is 7.22. The molecule has 2 aromatic carbocycles. The van der Waals surface area contributed by atoms with E-state index in [1.165, 1.54) is 22.4 Å².